The van der Waals surface area contributed by atoms with E-state index in [1.165, 1.54) is 24.8 Å². The van der Waals surface area contributed by atoms with Crippen LogP contribution in [0.5, 0.6) is 0 Å². The van der Waals surface area contributed by atoms with Crippen LogP contribution in [0.3, 0.4) is 0 Å². The molecule has 0 saturated carbocycles. The number of allylic oxidation sites excluding steroid dienone is 2. The smallest absolute Gasteiger partial charge is 0.00722 e. The molecule has 10 heavy (non-hydrogen) atoms. The van der Waals surface area contributed by atoms with Crippen LogP contribution < -0.4 is 5.73 Å². The Morgan fingerprint density at radius 2 is 2.10 bits per heavy atom. The van der Waals surface area contributed by atoms with Crippen molar-refractivity contribution in [1.29, 1.82) is 0 Å². The first-order valence-corrected chi connectivity index (χ1v) is 4.17. The van der Waals surface area contributed by atoms with Gasteiger partial charge in [0.2, 0.25) is 0 Å². The molecule has 0 bridgehead atoms. The molecule has 58 valence electrons. The second-order valence-corrected chi connectivity index (χ2v) is 3.36. The van der Waals surface area contributed by atoms with E-state index in [9.17, 15) is 0 Å². The van der Waals surface area contributed by atoms with Gasteiger partial charge in [0.25, 0.3) is 0 Å². The van der Waals surface area contributed by atoms with Gasteiger partial charge in [-0.3, -0.25) is 0 Å². The maximum Gasteiger partial charge on any atom is 0.00722 e. The van der Waals surface area contributed by atoms with Crippen molar-refractivity contribution in [2.75, 3.05) is 0 Å². The molecule has 0 saturated heterocycles. The molecule has 1 unspecified atom stereocenters. The first-order valence-electron chi connectivity index (χ1n) is 4.17. The van der Waals surface area contributed by atoms with E-state index in [0.717, 1.165) is 18.0 Å². The molecule has 0 aromatic rings. The number of hydrogen-bond acceptors (Lipinski definition) is 1. The zero-order valence-electron chi connectivity index (χ0n) is 6.98. The van der Waals surface area contributed by atoms with Crippen LogP contribution >= 0.6 is 0 Å². The molecule has 0 radical (unpaired) electrons. The Morgan fingerprint density at radius 3 is 2.80 bits per heavy atom. The summed E-state index contributed by atoms with van der Waals surface area (Å²) in [7, 11) is 0. The van der Waals surface area contributed by atoms with E-state index in [-0.39, 0.29) is 0 Å². The fourth-order valence-electron chi connectivity index (χ4n) is 1.50. The van der Waals surface area contributed by atoms with Gasteiger partial charge >= 0.3 is 0 Å². The minimum atomic E-state index is 0.725. The highest BCUT2D eigenvalue weighted by molar-refractivity contribution is 5.12. The summed E-state index contributed by atoms with van der Waals surface area (Å²) >= 11 is 0. The molecule has 1 heteroatoms. The highest BCUT2D eigenvalue weighted by atomic mass is 14.6. The molecule has 1 aliphatic carbocycles. The van der Waals surface area contributed by atoms with Gasteiger partial charge in [-0.15, -0.1) is 0 Å². The fraction of sp³-hybridized carbons (Fsp3) is 0.778. The van der Waals surface area contributed by atoms with E-state index in [1.807, 2.05) is 0 Å². The van der Waals surface area contributed by atoms with Crippen LogP contribution in [0.15, 0.2) is 11.3 Å². The summed E-state index contributed by atoms with van der Waals surface area (Å²) in [6.45, 7) is 4.44. The molecule has 0 heterocycles. The van der Waals surface area contributed by atoms with E-state index in [4.69, 9.17) is 5.73 Å². The predicted octanol–water partition coefficient (Wildman–Crippen LogP) is 2.43. The maximum absolute atomic E-state index is 5.85. The van der Waals surface area contributed by atoms with Crippen LogP contribution in [0.2, 0.25) is 0 Å². The summed E-state index contributed by atoms with van der Waals surface area (Å²) in [6.07, 6.45) is 5.08. The average Bonchev–Trinajstić information content (AvgIpc) is 2.04. The Labute approximate surface area is 63.3 Å². The first kappa shape index (κ1) is 7.64. The van der Waals surface area contributed by atoms with Gasteiger partial charge in [0.1, 0.15) is 0 Å². The molecule has 0 fully saturated rings. The van der Waals surface area contributed by atoms with E-state index in [1.54, 1.807) is 0 Å². The second kappa shape index (κ2) is 3.09. The molecule has 1 atom stereocenters. The van der Waals surface area contributed by atoms with Crippen LogP contribution in [0.4, 0.5) is 0 Å². The van der Waals surface area contributed by atoms with Gasteiger partial charge < -0.3 is 5.73 Å². The van der Waals surface area contributed by atoms with E-state index in [2.05, 4.69) is 13.8 Å². The summed E-state index contributed by atoms with van der Waals surface area (Å²) in [5.74, 6) is 0.725. The van der Waals surface area contributed by atoms with Gasteiger partial charge in [0.15, 0.2) is 0 Å². The fourth-order valence-corrected chi connectivity index (χ4v) is 1.50. The largest absolute Gasteiger partial charge is 0.402 e. The van der Waals surface area contributed by atoms with Crippen molar-refractivity contribution in [3.8, 4) is 0 Å². The molecule has 0 aromatic heterocycles. The first-order chi connectivity index (χ1) is 4.72. The van der Waals surface area contributed by atoms with Crippen LogP contribution in [-0.4, -0.2) is 0 Å². The third-order valence-electron chi connectivity index (χ3n) is 2.58. The van der Waals surface area contributed by atoms with Crippen molar-refractivity contribution >= 4 is 0 Å². The van der Waals surface area contributed by atoms with Crippen molar-refractivity contribution in [2.45, 2.75) is 39.5 Å². The summed E-state index contributed by atoms with van der Waals surface area (Å²) in [5, 5.41) is 0. The molecular weight excluding hydrogens is 122 g/mol. The number of nitrogens with two attached hydrogens (primary N) is 1. The van der Waals surface area contributed by atoms with Gasteiger partial charge in [-0.05, 0) is 32.1 Å². The summed E-state index contributed by atoms with van der Waals surface area (Å²) in [6, 6.07) is 0. The quantitative estimate of drug-likeness (QED) is 0.548. The molecule has 0 aromatic carbocycles. The Hall–Kier alpha value is -0.460. The summed E-state index contributed by atoms with van der Waals surface area (Å²) in [4.78, 5) is 0. The molecule has 0 aliphatic heterocycles. The van der Waals surface area contributed by atoms with Crippen LogP contribution in [0.25, 0.3) is 0 Å². The summed E-state index contributed by atoms with van der Waals surface area (Å²) < 4.78 is 0. The lowest BCUT2D eigenvalue weighted by Crippen LogP contribution is -2.03. The van der Waals surface area contributed by atoms with Crippen molar-refractivity contribution in [3.63, 3.8) is 0 Å². The molecular formula is C9H17N. The normalized spacial score (nSPS) is 28.4. The van der Waals surface area contributed by atoms with Crippen LogP contribution in [-0.2, 0) is 0 Å². The lowest BCUT2D eigenvalue weighted by Gasteiger charge is -2.09. The van der Waals surface area contributed by atoms with Crippen LogP contribution in [0, 0.1) is 5.92 Å². The summed E-state index contributed by atoms with van der Waals surface area (Å²) in [5.41, 5.74) is 8.42. The highest BCUT2D eigenvalue weighted by Gasteiger charge is 2.11. The zero-order valence-corrected chi connectivity index (χ0v) is 6.98. The Balaban J connectivity index is 2.69. The number of hydrogen-bond donors (Lipinski definition) is 1. The molecule has 1 rings (SSSR count). The second-order valence-electron chi connectivity index (χ2n) is 3.36. The SMILES string of the molecule is CC1=C(N)CCCCC1C. The van der Waals surface area contributed by atoms with E-state index >= 15 is 0 Å². The van der Waals surface area contributed by atoms with Gasteiger partial charge in [-0.25, -0.2) is 0 Å². The van der Waals surface area contributed by atoms with Gasteiger partial charge in [-0.1, -0.05) is 18.9 Å². The van der Waals surface area contributed by atoms with E-state index in [0.29, 0.717) is 0 Å². The van der Waals surface area contributed by atoms with Crippen molar-refractivity contribution < 1.29 is 0 Å². The van der Waals surface area contributed by atoms with E-state index < -0.39 is 0 Å². The minimum absolute atomic E-state index is 0.725. The predicted molar refractivity (Wildman–Crippen MR) is 44.5 cm³/mol. The molecule has 0 spiro atoms. The lowest BCUT2D eigenvalue weighted by molar-refractivity contribution is 0.583. The molecule has 1 nitrogen and oxygen atoms in total. The topological polar surface area (TPSA) is 26.0 Å². The Morgan fingerprint density at radius 1 is 1.40 bits per heavy atom. The van der Waals surface area contributed by atoms with Crippen molar-refractivity contribution in [1.82, 2.24) is 0 Å². The van der Waals surface area contributed by atoms with Gasteiger partial charge in [0, 0.05) is 5.70 Å². The molecule has 0 amide bonds. The van der Waals surface area contributed by atoms with Crippen molar-refractivity contribution in [3.05, 3.63) is 11.3 Å². The lowest BCUT2D eigenvalue weighted by atomic mass is 9.98. The number of rotatable bonds is 0. The average molecular weight is 139 g/mol. The molecule has 2 N–H and O–H groups in total. The van der Waals surface area contributed by atoms with Crippen molar-refractivity contribution in [2.24, 2.45) is 11.7 Å². The maximum atomic E-state index is 5.85. The Kier molecular flexibility index (Phi) is 2.36. The Bertz CT molecular complexity index is 147. The molecule has 1 aliphatic rings. The minimum Gasteiger partial charge on any atom is -0.402 e. The third kappa shape index (κ3) is 1.53. The zero-order chi connectivity index (χ0) is 7.56. The van der Waals surface area contributed by atoms with Gasteiger partial charge in [-0.2, -0.15) is 0 Å². The van der Waals surface area contributed by atoms with Gasteiger partial charge in [0.05, 0.1) is 0 Å². The third-order valence-corrected chi connectivity index (χ3v) is 2.58. The highest BCUT2D eigenvalue weighted by Crippen LogP contribution is 2.25. The standard InChI is InChI=1S/C9H17N/c1-7-5-3-4-6-9(10)8(7)2/h7H,3-6,10H2,1-2H3. The van der Waals surface area contributed by atoms with Crippen LogP contribution in [0.1, 0.15) is 39.5 Å². The monoisotopic (exact) mass is 139 g/mol.